The molecule has 114 valence electrons. The van der Waals surface area contributed by atoms with E-state index in [0.717, 1.165) is 16.6 Å². The van der Waals surface area contributed by atoms with Gasteiger partial charge in [0.1, 0.15) is 23.9 Å². The molecule has 6 heteroatoms. The number of carbonyl (C=O) groups excluding carboxylic acids is 1. The van der Waals surface area contributed by atoms with Crippen molar-refractivity contribution in [2.75, 3.05) is 16.8 Å². The fourth-order valence-electron chi connectivity index (χ4n) is 2.85. The van der Waals surface area contributed by atoms with Gasteiger partial charge in [-0.05, 0) is 31.2 Å². The Morgan fingerprint density at radius 2 is 2.00 bits per heavy atom. The number of anilines is 3. The zero-order valence-electron chi connectivity index (χ0n) is 12.4. The van der Waals surface area contributed by atoms with E-state index in [1.165, 1.54) is 6.07 Å². The molecule has 0 aliphatic carbocycles. The zero-order valence-corrected chi connectivity index (χ0v) is 12.4. The van der Waals surface area contributed by atoms with Crippen molar-refractivity contribution in [2.24, 2.45) is 0 Å². The molecule has 0 spiro atoms. The molecule has 2 aromatic carbocycles. The predicted octanol–water partition coefficient (Wildman–Crippen LogP) is 2.73. The minimum absolute atomic E-state index is 0.106. The number of hydrogen-bond acceptors (Lipinski definition) is 5. The van der Waals surface area contributed by atoms with Crippen molar-refractivity contribution in [2.45, 2.75) is 6.92 Å². The highest BCUT2D eigenvalue weighted by Gasteiger charge is 2.26. The summed E-state index contributed by atoms with van der Waals surface area (Å²) in [4.78, 5) is 22.9. The van der Waals surface area contributed by atoms with Gasteiger partial charge in [-0.25, -0.2) is 9.97 Å². The van der Waals surface area contributed by atoms with Crippen LogP contribution in [0.4, 0.5) is 17.2 Å². The van der Waals surface area contributed by atoms with Gasteiger partial charge in [-0.3, -0.25) is 4.79 Å². The monoisotopic (exact) mass is 306 g/mol. The molecule has 2 N–H and O–H groups in total. The maximum atomic E-state index is 12.1. The van der Waals surface area contributed by atoms with E-state index in [9.17, 15) is 9.90 Å². The number of rotatable bonds is 1. The molecule has 3 aromatic rings. The van der Waals surface area contributed by atoms with Crippen molar-refractivity contribution in [3.63, 3.8) is 0 Å². The number of amides is 1. The summed E-state index contributed by atoms with van der Waals surface area (Å²) in [5, 5.41) is 13.3. The molecule has 0 fully saturated rings. The molecule has 0 unspecified atom stereocenters. The summed E-state index contributed by atoms with van der Waals surface area (Å²) < 4.78 is 0. The molecule has 0 atom stereocenters. The Labute approximate surface area is 132 Å². The van der Waals surface area contributed by atoms with Crippen LogP contribution in [0.2, 0.25) is 0 Å². The Kier molecular flexibility index (Phi) is 2.90. The van der Waals surface area contributed by atoms with E-state index in [4.69, 9.17) is 0 Å². The number of fused-ring (bicyclic) bond motifs is 2. The van der Waals surface area contributed by atoms with Gasteiger partial charge in [-0.15, -0.1) is 0 Å². The molecule has 1 aliphatic rings. The van der Waals surface area contributed by atoms with Crippen LogP contribution in [0, 0.1) is 6.92 Å². The first-order valence-electron chi connectivity index (χ1n) is 7.25. The molecular formula is C17H14N4O2. The molecule has 1 aliphatic heterocycles. The van der Waals surface area contributed by atoms with Crippen LogP contribution in [0.15, 0.2) is 42.5 Å². The zero-order chi connectivity index (χ0) is 16.0. The summed E-state index contributed by atoms with van der Waals surface area (Å²) in [5.41, 5.74) is 2.20. The van der Waals surface area contributed by atoms with Gasteiger partial charge in [0.2, 0.25) is 5.91 Å². The second-order valence-corrected chi connectivity index (χ2v) is 5.45. The number of aromatic hydroxyl groups is 1. The van der Waals surface area contributed by atoms with Crippen molar-refractivity contribution < 1.29 is 9.90 Å². The first-order chi connectivity index (χ1) is 11.1. The van der Waals surface area contributed by atoms with Gasteiger partial charge in [-0.2, -0.15) is 0 Å². The topological polar surface area (TPSA) is 78.4 Å². The number of para-hydroxylation sites is 1. The maximum absolute atomic E-state index is 12.1. The van der Waals surface area contributed by atoms with Crippen molar-refractivity contribution in [1.29, 1.82) is 0 Å². The van der Waals surface area contributed by atoms with Gasteiger partial charge in [0.05, 0.1) is 16.9 Å². The molecule has 2 heterocycles. The second-order valence-electron chi connectivity index (χ2n) is 5.45. The van der Waals surface area contributed by atoms with Crippen LogP contribution in [0.5, 0.6) is 5.75 Å². The second kappa shape index (κ2) is 4.95. The van der Waals surface area contributed by atoms with Crippen LogP contribution in [0.3, 0.4) is 0 Å². The Hall–Kier alpha value is -3.15. The minimum Gasteiger partial charge on any atom is -0.508 e. The number of nitrogens with zero attached hydrogens (tertiary/aromatic N) is 3. The number of carbonyl (C=O) groups is 1. The molecule has 1 aromatic heterocycles. The van der Waals surface area contributed by atoms with Crippen LogP contribution < -0.4 is 10.2 Å². The molecule has 6 nitrogen and oxygen atoms in total. The first kappa shape index (κ1) is 13.5. The SMILES string of the molecule is Cc1nc(N2CC(=O)Nc3cc(O)ccc32)c2ccccc2n1. The lowest BCUT2D eigenvalue weighted by Gasteiger charge is -2.30. The smallest absolute Gasteiger partial charge is 0.244 e. The first-order valence-corrected chi connectivity index (χ1v) is 7.25. The molecule has 1 amide bonds. The third-order valence-electron chi connectivity index (χ3n) is 3.80. The average Bonchev–Trinajstić information content (AvgIpc) is 2.52. The standard InChI is InChI=1S/C17H14N4O2/c1-10-18-13-5-3-2-4-12(13)17(19-10)21-9-16(23)20-14-8-11(22)6-7-15(14)21/h2-8,22H,9H2,1H3,(H,20,23). The lowest BCUT2D eigenvalue weighted by Crippen LogP contribution is -2.35. The van der Waals surface area contributed by atoms with Gasteiger partial charge in [0.15, 0.2) is 0 Å². The quantitative estimate of drug-likeness (QED) is 0.723. The number of phenolic OH excluding ortho intramolecular Hbond substituents is 1. The highest BCUT2D eigenvalue weighted by atomic mass is 16.3. The van der Waals surface area contributed by atoms with E-state index in [0.29, 0.717) is 17.3 Å². The number of nitrogens with one attached hydrogen (secondary N) is 1. The van der Waals surface area contributed by atoms with Gasteiger partial charge in [0, 0.05) is 11.5 Å². The van der Waals surface area contributed by atoms with Crippen LogP contribution in [0.1, 0.15) is 5.82 Å². The molecule has 23 heavy (non-hydrogen) atoms. The minimum atomic E-state index is -0.150. The number of benzene rings is 2. The third-order valence-corrected chi connectivity index (χ3v) is 3.80. The van der Waals surface area contributed by atoms with E-state index >= 15 is 0 Å². The summed E-state index contributed by atoms with van der Waals surface area (Å²) in [5.74, 6) is 1.29. The molecule has 0 radical (unpaired) electrons. The fraction of sp³-hybridized carbons (Fsp3) is 0.118. The molecule has 4 rings (SSSR count). The van der Waals surface area contributed by atoms with E-state index in [1.54, 1.807) is 12.1 Å². The van der Waals surface area contributed by atoms with Crippen LogP contribution in [0.25, 0.3) is 10.9 Å². The highest BCUT2D eigenvalue weighted by Crippen LogP contribution is 2.38. The number of aromatic nitrogens is 2. The number of aryl methyl sites for hydroxylation is 1. The Morgan fingerprint density at radius 1 is 1.17 bits per heavy atom. The fourth-order valence-corrected chi connectivity index (χ4v) is 2.85. The normalized spacial score (nSPS) is 13.8. The Balaban J connectivity index is 1.97. The molecular weight excluding hydrogens is 292 g/mol. The van der Waals surface area contributed by atoms with E-state index < -0.39 is 0 Å². The lowest BCUT2D eigenvalue weighted by atomic mass is 10.1. The van der Waals surface area contributed by atoms with Crippen molar-refractivity contribution in [3.05, 3.63) is 48.3 Å². The lowest BCUT2D eigenvalue weighted by molar-refractivity contribution is -0.115. The molecule has 0 saturated carbocycles. The van der Waals surface area contributed by atoms with Gasteiger partial charge in [-0.1, -0.05) is 12.1 Å². The third kappa shape index (κ3) is 2.24. The predicted molar refractivity (Wildman–Crippen MR) is 88.0 cm³/mol. The van der Waals surface area contributed by atoms with E-state index in [1.807, 2.05) is 36.1 Å². The Bertz CT molecular complexity index is 939. The van der Waals surface area contributed by atoms with Crippen molar-refractivity contribution in [3.8, 4) is 5.75 Å². The Morgan fingerprint density at radius 3 is 2.87 bits per heavy atom. The van der Waals surface area contributed by atoms with Gasteiger partial charge >= 0.3 is 0 Å². The largest absolute Gasteiger partial charge is 0.508 e. The van der Waals surface area contributed by atoms with E-state index in [-0.39, 0.29) is 18.2 Å². The summed E-state index contributed by atoms with van der Waals surface area (Å²) in [6.45, 7) is 2.00. The number of hydrogen-bond donors (Lipinski definition) is 2. The maximum Gasteiger partial charge on any atom is 0.244 e. The van der Waals surface area contributed by atoms with Gasteiger partial charge < -0.3 is 15.3 Å². The molecule has 0 bridgehead atoms. The van der Waals surface area contributed by atoms with Crippen LogP contribution >= 0.6 is 0 Å². The van der Waals surface area contributed by atoms with Crippen molar-refractivity contribution >= 4 is 34.0 Å². The summed E-state index contributed by atoms with van der Waals surface area (Å²) in [6.07, 6.45) is 0. The highest BCUT2D eigenvalue weighted by molar-refractivity contribution is 6.05. The van der Waals surface area contributed by atoms with Crippen LogP contribution in [-0.2, 0) is 4.79 Å². The van der Waals surface area contributed by atoms with E-state index in [2.05, 4.69) is 15.3 Å². The summed E-state index contributed by atoms with van der Waals surface area (Å²) >= 11 is 0. The molecule has 0 saturated heterocycles. The van der Waals surface area contributed by atoms with Crippen LogP contribution in [-0.4, -0.2) is 27.5 Å². The summed E-state index contributed by atoms with van der Waals surface area (Å²) in [7, 11) is 0. The van der Waals surface area contributed by atoms with Crippen molar-refractivity contribution in [1.82, 2.24) is 9.97 Å². The number of phenols is 1. The van der Waals surface area contributed by atoms with Gasteiger partial charge in [0.25, 0.3) is 0 Å². The summed E-state index contributed by atoms with van der Waals surface area (Å²) in [6, 6.07) is 12.6. The average molecular weight is 306 g/mol.